The highest BCUT2D eigenvalue weighted by Gasteiger charge is 2.39. The molecule has 0 aromatic heterocycles. The second-order valence-electron chi connectivity index (χ2n) is 10.5. The molecular formula is C29H44O4Si. The lowest BCUT2D eigenvalue weighted by molar-refractivity contribution is -0.0916. The van der Waals surface area contributed by atoms with Crippen LogP contribution in [0.3, 0.4) is 0 Å². The summed E-state index contributed by atoms with van der Waals surface area (Å²) in [6.07, 6.45) is 3.34. The van der Waals surface area contributed by atoms with Crippen molar-refractivity contribution in [1.82, 2.24) is 0 Å². The predicted octanol–water partition coefficient (Wildman–Crippen LogP) is 7.54. The average Bonchev–Trinajstić information content (AvgIpc) is 2.80. The molecule has 0 radical (unpaired) electrons. The van der Waals surface area contributed by atoms with E-state index in [0.29, 0.717) is 13.2 Å². The first-order chi connectivity index (χ1) is 16.1. The number of methoxy groups -OCH3 is 1. The molecule has 0 N–H and O–H groups in total. The Balaban J connectivity index is 2.13. The predicted molar refractivity (Wildman–Crippen MR) is 144 cm³/mol. The molecular weight excluding hydrogens is 440 g/mol. The van der Waals surface area contributed by atoms with Gasteiger partial charge in [-0.15, -0.1) is 6.58 Å². The van der Waals surface area contributed by atoms with Crippen LogP contribution >= 0.6 is 0 Å². The molecule has 5 heteroatoms. The van der Waals surface area contributed by atoms with Crippen molar-refractivity contribution in [2.24, 2.45) is 0 Å². The zero-order valence-corrected chi connectivity index (χ0v) is 23.2. The van der Waals surface area contributed by atoms with Crippen molar-refractivity contribution in [1.29, 1.82) is 0 Å². The summed E-state index contributed by atoms with van der Waals surface area (Å²) in [5.41, 5.74) is 2.26. The third kappa shape index (κ3) is 9.03. The van der Waals surface area contributed by atoms with E-state index in [4.69, 9.17) is 18.6 Å². The highest BCUT2D eigenvalue weighted by Crippen LogP contribution is 2.38. The number of hydrogen-bond acceptors (Lipinski definition) is 4. The maximum Gasteiger partial charge on any atom is 0.192 e. The second-order valence-corrected chi connectivity index (χ2v) is 15.2. The Morgan fingerprint density at radius 2 is 1.50 bits per heavy atom. The summed E-state index contributed by atoms with van der Waals surface area (Å²) in [5, 5.41) is 0.140. The molecule has 0 spiro atoms. The lowest BCUT2D eigenvalue weighted by atomic mass is 10.0. The smallest absolute Gasteiger partial charge is 0.192 e. The molecule has 2 rings (SSSR count). The molecule has 0 unspecified atom stereocenters. The van der Waals surface area contributed by atoms with E-state index in [9.17, 15) is 0 Å². The van der Waals surface area contributed by atoms with Crippen LogP contribution in [0.2, 0.25) is 18.1 Å². The molecule has 0 fully saturated rings. The van der Waals surface area contributed by atoms with Crippen LogP contribution in [0.4, 0.5) is 0 Å². The van der Waals surface area contributed by atoms with E-state index >= 15 is 0 Å². The highest BCUT2D eigenvalue weighted by atomic mass is 28.4. The van der Waals surface area contributed by atoms with Crippen molar-refractivity contribution in [3.63, 3.8) is 0 Å². The van der Waals surface area contributed by atoms with Crippen LogP contribution in [0.15, 0.2) is 67.3 Å². The Morgan fingerprint density at radius 3 is 2.06 bits per heavy atom. The number of rotatable bonds is 14. The Morgan fingerprint density at radius 1 is 0.912 bits per heavy atom. The molecule has 4 nitrogen and oxygen atoms in total. The molecule has 188 valence electrons. The summed E-state index contributed by atoms with van der Waals surface area (Å²) < 4.78 is 24.8. The Bertz CT molecular complexity index is 843. The first kappa shape index (κ1) is 28.3. The minimum absolute atomic E-state index is 0.0436. The van der Waals surface area contributed by atoms with Crippen LogP contribution in [-0.4, -0.2) is 33.7 Å². The molecule has 34 heavy (non-hydrogen) atoms. The van der Waals surface area contributed by atoms with E-state index < -0.39 is 8.32 Å². The highest BCUT2D eigenvalue weighted by molar-refractivity contribution is 6.74. The third-order valence-corrected chi connectivity index (χ3v) is 11.2. The van der Waals surface area contributed by atoms with Gasteiger partial charge in [-0.2, -0.15) is 0 Å². The number of benzene rings is 2. The van der Waals surface area contributed by atoms with Gasteiger partial charge in [-0.05, 0) is 54.7 Å². The van der Waals surface area contributed by atoms with E-state index in [2.05, 4.69) is 59.5 Å². The van der Waals surface area contributed by atoms with Gasteiger partial charge in [-0.3, -0.25) is 0 Å². The van der Waals surface area contributed by atoms with E-state index in [-0.39, 0.29) is 23.4 Å². The van der Waals surface area contributed by atoms with Gasteiger partial charge in [0.05, 0.1) is 38.6 Å². The molecule has 2 aromatic carbocycles. The summed E-state index contributed by atoms with van der Waals surface area (Å²) in [4.78, 5) is 0. The summed E-state index contributed by atoms with van der Waals surface area (Å²) in [7, 11) is -0.257. The Labute approximate surface area is 208 Å². The summed E-state index contributed by atoms with van der Waals surface area (Å²) in [6.45, 7) is 18.6. The third-order valence-electron chi connectivity index (χ3n) is 6.69. The van der Waals surface area contributed by atoms with Gasteiger partial charge >= 0.3 is 0 Å². The van der Waals surface area contributed by atoms with Crippen molar-refractivity contribution in [3.8, 4) is 5.75 Å². The van der Waals surface area contributed by atoms with Crippen LogP contribution in [0, 0.1) is 0 Å². The standard InChI is InChI=1S/C29H44O4Si/c1-9-13-27(33-34(7,8)29(3,4)5)20-28(23(2)31-21-24-14-11-10-12-15-24)32-22-25-16-18-26(30-6)19-17-25/h9-12,14-19,23,27-28H,1,13,20-22H2,2-8H3/t23-,27-,28-/m1/s1. The van der Waals surface area contributed by atoms with E-state index in [1.165, 1.54) is 0 Å². The van der Waals surface area contributed by atoms with Crippen LogP contribution in [0.5, 0.6) is 5.75 Å². The van der Waals surface area contributed by atoms with Crippen LogP contribution in [-0.2, 0) is 27.1 Å². The van der Waals surface area contributed by atoms with Gasteiger partial charge < -0.3 is 18.6 Å². The summed E-state index contributed by atoms with van der Waals surface area (Å²) in [6, 6.07) is 18.3. The Hall–Kier alpha value is -1.92. The molecule has 3 atom stereocenters. The number of hydrogen-bond donors (Lipinski definition) is 0. The fourth-order valence-corrected chi connectivity index (χ4v) is 4.84. The zero-order valence-electron chi connectivity index (χ0n) is 22.2. The van der Waals surface area contributed by atoms with Gasteiger partial charge in [-0.25, -0.2) is 0 Å². The zero-order chi connectivity index (χ0) is 25.2. The maximum atomic E-state index is 6.78. The van der Waals surface area contributed by atoms with Crippen molar-refractivity contribution in [3.05, 3.63) is 78.4 Å². The van der Waals surface area contributed by atoms with Gasteiger partial charge in [0, 0.05) is 6.42 Å². The van der Waals surface area contributed by atoms with Crippen LogP contribution in [0.1, 0.15) is 51.7 Å². The van der Waals surface area contributed by atoms with Crippen molar-refractivity contribution in [2.75, 3.05) is 7.11 Å². The lowest BCUT2D eigenvalue weighted by Crippen LogP contribution is -2.45. The monoisotopic (exact) mass is 484 g/mol. The minimum atomic E-state index is -1.93. The van der Waals surface area contributed by atoms with E-state index in [0.717, 1.165) is 29.7 Å². The molecule has 0 heterocycles. The van der Waals surface area contributed by atoms with Gasteiger partial charge in [-0.1, -0.05) is 69.3 Å². The molecule has 0 bridgehead atoms. The molecule has 0 amide bonds. The van der Waals surface area contributed by atoms with Gasteiger partial charge in [0.1, 0.15) is 5.75 Å². The second kappa shape index (κ2) is 13.2. The molecule has 0 saturated carbocycles. The molecule has 0 aliphatic carbocycles. The molecule has 2 aromatic rings. The van der Waals surface area contributed by atoms with E-state index in [1.807, 2.05) is 48.5 Å². The summed E-state index contributed by atoms with van der Waals surface area (Å²) in [5.74, 6) is 0.841. The topological polar surface area (TPSA) is 36.9 Å². The molecule has 0 aliphatic heterocycles. The minimum Gasteiger partial charge on any atom is -0.497 e. The average molecular weight is 485 g/mol. The molecule has 0 saturated heterocycles. The van der Waals surface area contributed by atoms with Crippen molar-refractivity contribution < 1.29 is 18.6 Å². The van der Waals surface area contributed by atoms with Crippen molar-refractivity contribution >= 4 is 8.32 Å². The SMILES string of the molecule is C=CC[C@H](C[C@@H](OCc1ccc(OC)cc1)[C@@H](C)OCc1ccccc1)O[Si](C)(C)C(C)(C)C. The fourth-order valence-electron chi connectivity index (χ4n) is 3.46. The van der Waals surface area contributed by atoms with Crippen LogP contribution in [0.25, 0.3) is 0 Å². The quantitative estimate of drug-likeness (QED) is 0.205. The van der Waals surface area contributed by atoms with Crippen molar-refractivity contribution in [2.45, 2.75) is 90.2 Å². The summed E-state index contributed by atoms with van der Waals surface area (Å²) >= 11 is 0. The Kier molecular flexibility index (Phi) is 11.0. The maximum absolute atomic E-state index is 6.78. The first-order valence-electron chi connectivity index (χ1n) is 12.2. The largest absolute Gasteiger partial charge is 0.497 e. The fraction of sp³-hybridized carbons (Fsp3) is 0.517. The van der Waals surface area contributed by atoms with E-state index in [1.54, 1.807) is 7.11 Å². The lowest BCUT2D eigenvalue weighted by Gasteiger charge is -2.40. The van der Waals surface area contributed by atoms with Gasteiger partial charge in [0.2, 0.25) is 0 Å². The first-order valence-corrected chi connectivity index (χ1v) is 15.2. The molecule has 0 aliphatic rings. The van der Waals surface area contributed by atoms with Crippen LogP contribution < -0.4 is 4.74 Å². The number of ether oxygens (including phenoxy) is 3. The van der Waals surface area contributed by atoms with Gasteiger partial charge in [0.25, 0.3) is 0 Å². The normalized spacial score (nSPS) is 14.9. The van der Waals surface area contributed by atoms with Gasteiger partial charge in [0.15, 0.2) is 8.32 Å².